The van der Waals surface area contributed by atoms with Gasteiger partial charge in [-0.1, -0.05) is 24.3 Å². The Balaban J connectivity index is 1.98. The molecule has 2 aromatic carbocycles. The van der Waals surface area contributed by atoms with E-state index >= 15 is 0 Å². The zero-order valence-corrected chi connectivity index (χ0v) is 14.9. The van der Waals surface area contributed by atoms with E-state index in [1.54, 1.807) is 18.3 Å². The van der Waals surface area contributed by atoms with Gasteiger partial charge in [0, 0.05) is 29.1 Å². The summed E-state index contributed by atoms with van der Waals surface area (Å²) >= 11 is 0. The smallest absolute Gasteiger partial charge is 0.351 e. The molecule has 0 bridgehead atoms. The first-order valence-corrected chi connectivity index (χ1v) is 8.60. The summed E-state index contributed by atoms with van der Waals surface area (Å²) in [7, 11) is 0. The fourth-order valence-electron chi connectivity index (χ4n) is 2.98. The summed E-state index contributed by atoms with van der Waals surface area (Å²) in [5, 5.41) is 1.59. The summed E-state index contributed by atoms with van der Waals surface area (Å²) in [5.41, 5.74) is 12.3. The third-order valence-corrected chi connectivity index (χ3v) is 4.38. The number of pyridine rings is 1. The van der Waals surface area contributed by atoms with Crippen LogP contribution in [0.4, 0.5) is 23.7 Å². The molecule has 0 aliphatic carbocycles. The quantitative estimate of drug-likeness (QED) is 0.696. The molecular formula is C20H19F3N4O. The lowest BCUT2D eigenvalue weighted by atomic mass is 10.1. The largest absolute Gasteiger partial charge is 0.416 e. The molecule has 0 fully saturated rings. The van der Waals surface area contributed by atoms with Crippen LogP contribution >= 0.6 is 0 Å². The number of fused-ring (bicyclic) bond motifs is 1. The van der Waals surface area contributed by atoms with Crippen LogP contribution in [0.3, 0.4) is 0 Å². The van der Waals surface area contributed by atoms with E-state index in [0.29, 0.717) is 24.2 Å². The second-order valence-corrected chi connectivity index (χ2v) is 6.33. The molecular weight excluding hydrogens is 369 g/mol. The van der Waals surface area contributed by atoms with Crippen molar-refractivity contribution in [3.8, 4) is 0 Å². The number of carbonyl (C=O) groups is 1. The molecule has 0 aliphatic rings. The molecule has 0 aliphatic heterocycles. The van der Waals surface area contributed by atoms with E-state index in [-0.39, 0.29) is 6.54 Å². The van der Waals surface area contributed by atoms with Crippen LogP contribution in [0.2, 0.25) is 0 Å². The molecule has 28 heavy (non-hydrogen) atoms. The van der Waals surface area contributed by atoms with Crippen LogP contribution in [0.15, 0.2) is 54.7 Å². The summed E-state index contributed by atoms with van der Waals surface area (Å²) in [6.07, 6.45) is -2.13. The molecule has 0 radical (unpaired) electrons. The van der Waals surface area contributed by atoms with Crippen LogP contribution in [0.5, 0.6) is 0 Å². The Bertz CT molecular complexity index is 987. The Labute approximate surface area is 159 Å². The van der Waals surface area contributed by atoms with Crippen LogP contribution in [-0.4, -0.2) is 17.6 Å². The highest BCUT2D eigenvalue weighted by Gasteiger charge is 2.30. The number of urea groups is 1. The maximum atomic E-state index is 12.8. The number of nitrogens with zero attached hydrogens (tertiary/aromatic N) is 2. The van der Waals surface area contributed by atoms with E-state index in [0.717, 1.165) is 28.6 Å². The minimum atomic E-state index is -4.41. The van der Waals surface area contributed by atoms with Gasteiger partial charge in [-0.05, 0) is 36.4 Å². The molecule has 0 atom stereocenters. The van der Waals surface area contributed by atoms with Gasteiger partial charge in [-0.3, -0.25) is 9.88 Å². The molecule has 1 aromatic heterocycles. The van der Waals surface area contributed by atoms with Crippen LogP contribution in [0.1, 0.15) is 16.8 Å². The first-order chi connectivity index (χ1) is 13.3. The SMILES string of the molecule is NCCc1cc2c(N(Cc3ccc(C(F)(F)F)cc3)C(N)=O)cccc2cn1. The van der Waals surface area contributed by atoms with Gasteiger partial charge in [-0.25, -0.2) is 4.79 Å². The summed E-state index contributed by atoms with van der Waals surface area (Å²) in [5.74, 6) is 0. The average Bonchev–Trinajstić information content (AvgIpc) is 2.65. The Morgan fingerprint density at radius 2 is 1.82 bits per heavy atom. The van der Waals surface area contributed by atoms with Gasteiger partial charge in [0.05, 0.1) is 17.8 Å². The van der Waals surface area contributed by atoms with Crippen molar-refractivity contribution in [3.63, 3.8) is 0 Å². The average molecular weight is 388 g/mol. The van der Waals surface area contributed by atoms with Crippen LogP contribution < -0.4 is 16.4 Å². The number of primary amides is 1. The van der Waals surface area contributed by atoms with E-state index in [1.165, 1.54) is 17.0 Å². The number of carbonyl (C=O) groups excluding carboxylic acids is 1. The zero-order chi connectivity index (χ0) is 20.3. The second-order valence-electron chi connectivity index (χ2n) is 6.33. The van der Waals surface area contributed by atoms with Gasteiger partial charge in [0.25, 0.3) is 0 Å². The second kappa shape index (κ2) is 7.85. The van der Waals surface area contributed by atoms with Gasteiger partial charge in [0.2, 0.25) is 0 Å². The monoisotopic (exact) mass is 388 g/mol. The number of nitrogens with two attached hydrogens (primary N) is 2. The number of alkyl halides is 3. The minimum absolute atomic E-state index is 0.0428. The van der Waals surface area contributed by atoms with Crippen molar-refractivity contribution in [3.05, 3.63) is 71.5 Å². The van der Waals surface area contributed by atoms with Crippen LogP contribution in [-0.2, 0) is 19.1 Å². The first kappa shape index (κ1) is 19.6. The molecule has 4 N–H and O–H groups in total. The lowest BCUT2D eigenvalue weighted by molar-refractivity contribution is -0.137. The Morgan fingerprint density at radius 3 is 2.43 bits per heavy atom. The highest BCUT2D eigenvalue weighted by molar-refractivity contribution is 6.02. The maximum absolute atomic E-state index is 12.8. The molecule has 8 heteroatoms. The molecule has 1 heterocycles. The van der Waals surface area contributed by atoms with Crippen molar-refractivity contribution in [1.29, 1.82) is 0 Å². The molecule has 146 valence electrons. The van der Waals surface area contributed by atoms with E-state index in [1.807, 2.05) is 12.1 Å². The molecule has 3 rings (SSSR count). The highest BCUT2D eigenvalue weighted by atomic mass is 19.4. The van der Waals surface area contributed by atoms with E-state index in [9.17, 15) is 18.0 Å². The summed E-state index contributed by atoms with van der Waals surface area (Å²) in [4.78, 5) is 17.8. The number of anilines is 1. The lowest BCUT2D eigenvalue weighted by Gasteiger charge is -2.23. The fraction of sp³-hybridized carbons (Fsp3) is 0.200. The van der Waals surface area contributed by atoms with Gasteiger partial charge in [0.15, 0.2) is 0 Å². The van der Waals surface area contributed by atoms with Crippen molar-refractivity contribution < 1.29 is 18.0 Å². The van der Waals surface area contributed by atoms with Gasteiger partial charge >= 0.3 is 12.2 Å². The summed E-state index contributed by atoms with van der Waals surface area (Å²) < 4.78 is 38.3. The van der Waals surface area contributed by atoms with Gasteiger partial charge in [-0.15, -0.1) is 0 Å². The van der Waals surface area contributed by atoms with Crippen molar-refractivity contribution in [2.24, 2.45) is 11.5 Å². The molecule has 2 amide bonds. The number of hydrogen-bond acceptors (Lipinski definition) is 3. The van der Waals surface area contributed by atoms with Crippen LogP contribution in [0.25, 0.3) is 10.8 Å². The Morgan fingerprint density at radius 1 is 1.11 bits per heavy atom. The van der Waals surface area contributed by atoms with Gasteiger partial charge < -0.3 is 11.5 Å². The Hall–Kier alpha value is -3.13. The zero-order valence-electron chi connectivity index (χ0n) is 14.9. The molecule has 0 unspecified atom stereocenters. The lowest BCUT2D eigenvalue weighted by Crippen LogP contribution is -2.35. The Kier molecular flexibility index (Phi) is 5.51. The first-order valence-electron chi connectivity index (χ1n) is 8.60. The van der Waals surface area contributed by atoms with Crippen LogP contribution in [0, 0.1) is 0 Å². The maximum Gasteiger partial charge on any atom is 0.416 e. The normalized spacial score (nSPS) is 11.6. The number of rotatable bonds is 5. The predicted molar refractivity (Wildman–Crippen MR) is 102 cm³/mol. The number of benzene rings is 2. The van der Waals surface area contributed by atoms with E-state index in [2.05, 4.69) is 4.98 Å². The topological polar surface area (TPSA) is 85.2 Å². The third kappa shape index (κ3) is 4.23. The number of halogens is 3. The highest BCUT2D eigenvalue weighted by Crippen LogP contribution is 2.31. The molecule has 3 aromatic rings. The number of aromatic nitrogens is 1. The van der Waals surface area contributed by atoms with Crippen molar-refractivity contribution in [1.82, 2.24) is 4.98 Å². The molecule has 5 nitrogen and oxygen atoms in total. The van der Waals surface area contributed by atoms with E-state index in [4.69, 9.17) is 11.5 Å². The summed E-state index contributed by atoms with van der Waals surface area (Å²) in [6, 6.07) is 11.2. The molecule has 0 saturated carbocycles. The van der Waals surface area contributed by atoms with Crippen molar-refractivity contribution in [2.75, 3.05) is 11.4 Å². The molecule has 0 saturated heterocycles. The fourth-order valence-corrected chi connectivity index (χ4v) is 2.98. The van der Waals surface area contributed by atoms with E-state index < -0.39 is 17.8 Å². The van der Waals surface area contributed by atoms with Crippen molar-refractivity contribution >= 4 is 22.5 Å². The predicted octanol–water partition coefficient (Wildman–Crippen LogP) is 3.84. The number of hydrogen-bond donors (Lipinski definition) is 2. The standard InChI is InChI=1S/C20H19F3N4O/c21-20(22,23)15-6-4-13(5-7-15)12-27(19(25)28)18-3-1-2-14-11-26-16(8-9-24)10-17(14)18/h1-7,10-11H,8-9,12,24H2,(H2,25,28). The van der Waals surface area contributed by atoms with Crippen molar-refractivity contribution in [2.45, 2.75) is 19.1 Å². The third-order valence-electron chi connectivity index (χ3n) is 4.38. The summed E-state index contributed by atoms with van der Waals surface area (Å²) in [6.45, 7) is 0.479. The number of amides is 2. The minimum Gasteiger partial charge on any atom is -0.351 e. The van der Waals surface area contributed by atoms with Gasteiger partial charge in [-0.2, -0.15) is 13.2 Å². The van der Waals surface area contributed by atoms with Gasteiger partial charge in [0.1, 0.15) is 0 Å². The molecule has 0 spiro atoms.